The lowest BCUT2D eigenvalue weighted by atomic mass is 10.1. The van der Waals surface area contributed by atoms with Gasteiger partial charge in [-0.25, -0.2) is 0 Å². The van der Waals surface area contributed by atoms with Gasteiger partial charge in [0.1, 0.15) is 0 Å². The van der Waals surface area contributed by atoms with Crippen molar-refractivity contribution >= 4 is 0 Å². The Labute approximate surface area is 116 Å². The quantitative estimate of drug-likeness (QED) is 0.824. The van der Waals surface area contributed by atoms with Crippen molar-refractivity contribution in [1.29, 1.82) is 0 Å². The van der Waals surface area contributed by atoms with Crippen LogP contribution in [0.25, 0.3) is 0 Å². The minimum atomic E-state index is 0.500. The number of nitrogens with one attached hydrogen (secondary N) is 1. The lowest BCUT2D eigenvalue weighted by Crippen LogP contribution is -2.29. The van der Waals surface area contributed by atoms with Crippen molar-refractivity contribution in [2.45, 2.75) is 46.3 Å². The zero-order valence-electron chi connectivity index (χ0n) is 12.3. The van der Waals surface area contributed by atoms with E-state index in [1.165, 1.54) is 17.7 Å². The molecule has 0 radical (unpaired) electrons. The fourth-order valence-corrected chi connectivity index (χ4v) is 2.38. The molecule has 0 saturated carbocycles. The van der Waals surface area contributed by atoms with Crippen molar-refractivity contribution in [3.05, 3.63) is 41.2 Å². The number of pyridine rings is 1. The van der Waals surface area contributed by atoms with Crippen molar-refractivity contribution in [1.82, 2.24) is 15.2 Å². The van der Waals surface area contributed by atoms with Crippen LogP contribution in [0.1, 0.15) is 38.6 Å². The summed E-state index contributed by atoms with van der Waals surface area (Å²) in [6.07, 6.45) is 3.51. The first-order valence-electron chi connectivity index (χ1n) is 7.19. The molecule has 3 nitrogen and oxygen atoms in total. The first-order valence-corrected chi connectivity index (χ1v) is 7.19. The molecule has 2 rings (SSSR count). The van der Waals surface area contributed by atoms with E-state index in [0.29, 0.717) is 6.04 Å². The van der Waals surface area contributed by atoms with Gasteiger partial charge in [0.15, 0.2) is 0 Å². The van der Waals surface area contributed by atoms with E-state index in [9.17, 15) is 0 Å². The van der Waals surface area contributed by atoms with E-state index >= 15 is 0 Å². The molecule has 2 heterocycles. The molecule has 0 aromatic carbocycles. The van der Waals surface area contributed by atoms with Crippen molar-refractivity contribution in [2.75, 3.05) is 13.1 Å². The van der Waals surface area contributed by atoms with Gasteiger partial charge in [-0.2, -0.15) is 0 Å². The van der Waals surface area contributed by atoms with E-state index in [2.05, 4.69) is 55.3 Å². The van der Waals surface area contributed by atoms with Crippen molar-refractivity contribution in [2.24, 2.45) is 0 Å². The molecular formula is C16H25N3. The van der Waals surface area contributed by atoms with Crippen molar-refractivity contribution in [3.63, 3.8) is 0 Å². The Hall–Kier alpha value is -1.19. The monoisotopic (exact) mass is 259 g/mol. The first kappa shape index (κ1) is 14.2. The molecular weight excluding hydrogens is 234 g/mol. The van der Waals surface area contributed by atoms with Crippen LogP contribution >= 0.6 is 0 Å². The van der Waals surface area contributed by atoms with Crippen molar-refractivity contribution < 1.29 is 0 Å². The molecule has 3 heteroatoms. The Morgan fingerprint density at radius 3 is 2.84 bits per heavy atom. The molecule has 1 aromatic rings. The molecule has 1 aliphatic rings. The van der Waals surface area contributed by atoms with Gasteiger partial charge in [0.2, 0.25) is 0 Å². The van der Waals surface area contributed by atoms with Crippen LogP contribution in [0, 0.1) is 0 Å². The highest BCUT2D eigenvalue weighted by atomic mass is 15.1. The Bertz CT molecular complexity index is 437. The largest absolute Gasteiger partial charge is 0.309 e. The van der Waals surface area contributed by atoms with Crippen LogP contribution in [-0.2, 0) is 13.1 Å². The maximum absolute atomic E-state index is 4.74. The summed E-state index contributed by atoms with van der Waals surface area (Å²) in [6, 6.07) is 6.85. The zero-order chi connectivity index (χ0) is 13.7. The lowest BCUT2D eigenvalue weighted by Gasteiger charge is -2.25. The average molecular weight is 259 g/mol. The predicted molar refractivity (Wildman–Crippen MR) is 79.9 cm³/mol. The Morgan fingerprint density at radius 1 is 1.32 bits per heavy atom. The SMILES string of the molecule is CC1=CCCN(Cc2cccc(CNC(C)C)n2)C1. The van der Waals surface area contributed by atoms with Gasteiger partial charge in [-0.1, -0.05) is 31.6 Å². The summed E-state index contributed by atoms with van der Waals surface area (Å²) in [5.41, 5.74) is 3.79. The normalized spacial score (nSPS) is 16.7. The van der Waals surface area contributed by atoms with Gasteiger partial charge in [-0.3, -0.25) is 9.88 Å². The van der Waals surface area contributed by atoms with E-state index in [0.717, 1.165) is 31.9 Å². The van der Waals surface area contributed by atoms with Crippen LogP contribution < -0.4 is 5.32 Å². The standard InChI is InChI=1S/C16H25N3/c1-13(2)17-10-15-7-4-8-16(18-15)12-19-9-5-6-14(3)11-19/h4,6-8,13,17H,5,9-12H2,1-3H3. The Morgan fingerprint density at radius 2 is 2.11 bits per heavy atom. The summed E-state index contributed by atoms with van der Waals surface area (Å²) in [7, 11) is 0. The third-order valence-corrected chi connectivity index (χ3v) is 3.35. The van der Waals surface area contributed by atoms with E-state index in [4.69, 9.17) is 4.98 Å². The first-order chi connectivity index (χ1) is 9.13. The van der Waals surface area contributed by atoms with Gasteiger partial charge in [0.05, 0.1) is 11.4 Å². The van der Waals surface area contributed by atoms with Crippen LogP contribution in [-0.4, -0.2) is 29.0 Å². The van der Waals surface area contributed by atoms with Crippen LogP contribution in [0.15, 0.2) is 29.8 Å². The highest BCUT2D eigenvalue weighted by Gasteiger charge is 2.11. The Balaban J connectivity index is 1.93. The third kappa shape index (κ3) is 4.77. The third-order valence-electron chi connectivity index (χ3n) is 3.35. The van der Waals surface area contributed by atoms with Gasteiger partial charge in [0, 0.05) is 32.2 Å². The fourth-order valence-electron chi connectivity index (χ4n) is 2.38. The highest BCUT2D eigenvalue weighted by molar-refractivity contribution is 5.12. The maximum atomic E-state index is 4.74. The molecule has 0 spiro atoms. The molecule has 0 fully saturated rings. The van der Waals surface area contributed by atoms with Gasteiger partial charge >= 0.3 is 0 Å². The number of nitrogens with zero attached hydrogens (tertiary/aromatic N) is 2. The second-order valence-electron chi connectivity index (χ2n) is 5.71. The summed E-state index contributed by atoms with van der Waals surface area (Å²) in [6.45, 7) is 10.6. The smallest absolute Gasteiger partial charge is 0.0548 e. The highest BCUT2D eigenvalue weighted by Crippen LogP contribution is 2.12. The molecule has 1 aromatic heterocycles. The van der Waals surface area contributed by atoms with E-state index in [1.807, 2.05) is 0 Å². The van der Waals surface area contributed by atoms with E-state index < -0.39 is 0 Å². The molecule has 0 atom stereocenters. The molecule has 19 heavy (non-hydrogen) atoms. The van der Waals surface area contributed by atoms with Gasteiger partial charge in [0.25, 0.3) is 0 Å². The Kier molecular flexibility index (Phi) is 5.11. The molecule has 0 unspecified atom stereocenters. The summed E-state index contributed by atoms with van der Waals surface area (Å²) < 4.78 is 0. The average Bonchev–Trinajstić information content (AvgIpc) is 2.37. The van der Waals surface area contributed by atoms with Crippen LogP contribution in [0.2, 0.25) is 0 Å². The molecule has 1 N–H and O–H groups in total. The summed E-state index contributed by atoms with van der Waals surface area (Å²) in [5, 5.41) is 3.41. The van der Waals surface area contributed by atoms with Crippen LogP contribution in [0.3, 0.4) is 0 Å². The number of aromatic nitrogens is 1. The summed E-state index contributed by atoms with van der Waals surface area (Å²) >= 11 is 0. The predicted octanol–water partition coefficient (Wildman–Crippen LogP) is 2.73. The summed E-state index contributed by atoms with van der Waals surface area (Å²) in [5.74, 6) is 0. The minimum absolute atomic E-state index is 0.500. The minimum Gasteiger partial charge on any atom is -0.309 e. The lowest BCUT2D eigenvalue weighted by molar-refractivity contribution is 0.278. The molecule has 0 bridgehead atoms. The van der Waals surface area contributed by atoms with E-state index in [-0.39, 0.29) is 0 Å². The number of hydrogen-bond donors (Lipinski definition) is 1. The molecule has 0 saturated heterocycles. The van der Waals surface area contributed by atoms with Gasteiger partial charge in [-0.05, 0) is 25.5 Å². The molecule has 104 valence electrons. The molecule has 0 amide bonds. The van der Waals surface area contributed by atoms with Gasteiger partial charge in [-0.15, -0.1) is 0 Å². The maximum Gasteiger partial charge on any atom is 0.0548 e. The second-order valence-corrected chi connectivity index (χ2v) is 5.71. The van der Waals surface area contributed by atoms with Crippen molar-refractivity contribution in [3.8, 4) is 0 Å². The topological polar surface area (TPSA) is 28.2 Å². The second kappa shape index (κ2) is 6.83. The number of rotatable bonds is 5. The fraction of sp³-hybridized carbons (Fsp3) is 0.562. The van der Waals surface area contributed by atoms with Gasteiger partial charge < -0.3 is 5.32 Å². The molecule has 0 aliphatic carbocycles. The van der Waals surface area contributed by atoms with Crippen LogP contribution in [0.5, 0.6) is 0 Å². The number of hydrogen-bond acceptors (Lipinski definition) is 3. The van der Waals surface area contributed by atoms with E-state index in [1.54, 1.807) is 0 Å². The van der Waals surface area contributed by atoms with Crippen LogP contribution in [0.4, 0.5) is 0 Å². The molecule has 1 aliphatic heterocycles. The zero-order valence-corrected chi connectivity index (χ0v) is 12.3. The summed E-state index contributed by atoms with van der Waals surface area (Å²) in [4.78, 5) is 7.21.